The third-order valence-corrected chi connectivity index (χ3v) is 4.00. The average molecular weight is 284 g/mol. The fourth-order valence-electron chi connectivity index (χ4n) is 2.66. The van der Waals surface area contributed by atoms with Crippen molar-refractivity contribution in [2.45, 2.75) is 25.7 Å². The summed E-state index contributed by atoms with van der Waals surface area (Å²) in [6, 6.07) is 9.73. The summed E-state index contributed by atoms with van der Waals surface area (Å²) in [5, 5.41) is 10.0. The van der Waals surface area contributed by atoms with Crippen molar-refractivity contribution < 1.29 is 9.90 Å². The summed E-state index contributed by atoms with van der Waals surface area (Å²) >= 11 is 0. The van der Waals surface area contributed by atoms with Crippen molar-refractivity contribution in [1.82, 2.24) is 9.88 Å². The smallest absolute Gasteiger partial charge is 0.254 e. The molecule has 4 heteroatoms. The molecule has 1 aliphatic carbocycles. The quantitative estimate of drug-likeness (QED) is 0.918. The average Bonchev–Trinajstić information content (AvgIpc) is 3.35. The number of aliphatic hydroxyl groups excluding tert-OH is 1. The summed E-state index contributed by atoms with van der Waals surface area (Å²) in [4.78, 5) is 19.1. The van der Waals surface area contributed by atoms with E-state index in [1.165, 1.54) is 0 Å². The zero-order chi connectivity index (χ0) is 14.8. The van der Waals surface area contributed by atoms with E-state index < -0.39 is 0 Å². The lowest BCUT2D eigenvalue weighted by atomic mass is 10.0. The molecule has 1 aliphatic rings. The topological polar surface area (TPSA) is 53.4 Å². The second-order valence-electron chi connectivity index (χ2n) is 5.49. The van der Waals surface area contributed by atoms with E-state index in [1.807, 2.05) is 37.3 Å². The lowest BCUT2D eigenvalue weighted by molar-refractivity contribution is 0.0734. The van der Waals surface area contributed by atoms with Gasteiger partial charge in [0.25, 0.3) is 5.91 Å². The molecule has 1 aromatic carbocycles. The Morgan fingerprint density at radius 1 is 1.38 bits per heavy atom. The number of hydrogen-bond donors (Lipinski definition) is 1. The molecule has 0 aliphatic heterocycles. The maximum Gasteiger partial charge on any atom is 0.254 e. The highest BCUT2D eigenvalue weighted by atomic mass is 16.3. The number of likely N-dealkylation sites (N-methyl/N-ethyl adjacent to an activating group) is 1. The van der Waals surface area contributed by atoms with Crippen LogP contribution in [0.4, 0.5) is 0 Å². The van der Waals surface area contributed by atoms with Gasteiger partial charge in [-0.1, -0.05) is 18.2 Å². The maximum absolute atomic E-state index is 12.8. The molecule has 1 aromatic heterocycles. The number of amides is 1. The van der Waals surface area contributed by atoms with Crippen LogP contribution in [0.25, 0.3) is 10.9 Å². The second kappa shape index (κ2) is 5.82. The highest BCUT2D eigenvalue weighted by Gasteiger charge is 2.27. The third kappa shape index (κ3) is 2.76. The number of pyridine rings is 1. The summed E-state index contributed by atoms with van der Waals surface area (Å²) in [6.45, 7) is 2.87. The van der Waals surface area contributed by atoms with Crippen LogP contribution in [0.3, 0.4) is 0 Å². The Kier molecular flexibility index (Phi) is 3.88. The molecule has 1 heterocycles. The number of aromatic nitrogens is 1. The molecule has 0 unspecified atom stereocenters. The van der Waals surface area contributed by atoms with Crippen LogP contribution in [0.15, 0.2) is 30.3 Å². The van der Waals surface area contributed by atoms with E-state index >= 15 is 0 Å². The number of rotatable bonds is 5. The number of benzene rings is 1. The van der Waals surface area contributed by atoms with Gasteiger partial charge in [-0.05, 0) is 31.9 Å². The predicted molar refractivity (Wildman–Crippen MR) is 82.4 cm³/mol. The molecule has 0 spiro atoms. The zero-order valence-electron chi connectivity index (χ0n) is 12.2. The number of hydrogen-bond acceptors (Lipinski definition) is 3. The molecule has 0 saturated heterocycles. The Hall–Kier alpha value is -1.94. The van der Waals surface area contributed by atoms with Crippen molar-refractivity contribution in [1.29, 1.82) is 0 Å². The van der Waals surface area contributed by atoms with Gasteiger partial charge in [-0.3, -0.25) is 9.78 Å². The van der Waals surface area contributed by atoms with E-state index in [4.69, 9.17) is 10.1 Å². The van der Waals surface area contributed by atoms with Gasteiger partial charge in [0.1, 0.15) is 0 Å². The number of carbonyl (C=O) groups excluding carboxylic acids is 1. The van der Waals surface area contributed by atoms with Gasteiger partial charge >= 0.3 is 0 Å². The highest BCUT2D eigenvalue weighted by molar-refractivity contribution is 6.06. The first-order valence-electron chi connectivity index (χ1n) is 7.54. The van der Waals surface area contributed by atoms with Crippen LogP contribution in [-0.4, -0.2) is 40.6 Å². The van der Waals surface area contributed by atoms with Gasteiger partial charge < -0.3 is 10.0 Å². The van der Waals surface area contributed by atoms with Gasteiger partial charge in [0.05, 0.1) is 17.7 Å². The summed E-state index contributed by atoms with van der Waals surface area (Å²) < 4.78 is 0. The van der Waals surface area contributed by atoms with Gasteiger partial charge in [-0.2, -0.15) is 0 Å². The van der Waals surface area contributed by atoms with Crippen LogP contribution in [0, 0.1) is 0 Å². The molecule has 1 saturated carbocycles. The Labute approximate surface area is 124 Å². The van der Waals surface area contributed by atoms with E-state index in [0.29, 0.717) is 24.6 Å². The fourth-order valence-corrected chi connectivity index (χ4v) is 2.66. The second-order valence-corrected chi connectivity index (χ2v) is 5.49. The molecular formula is C17H20N2O2. The molecule has 0 bridgehead atoms. The van der Waals surface area contributed by atoms with Gasteiger partial charge in [0.15, 0.2) is 0 Å². The van der Waals surface area contributed by atoms with E-state index in [0.717, 1.165) is 29.4 Å². The Morgan fingerprint density at radius 2 is 2.14 bits per heavy atom. The van der Waals surface area contributed by atoms with Crippen molar-refractivity contribution in [3.63, 3.8) is 0 Å². The first kappa shape index (κ1) is 14.0. The summed E-state index contributed by atoms with van der Waals surface area (Å²) in [5.74, 6) is 0.487. The van der Waals surface area contributed by atoms with E-state index in [1.54, 1.807) is 4.90 Å². The standard InChI is InChI=1S/C17H20N2O2/c1-2-19(9-10-20)17(21)14-11-16(12-7-8-12)18-15-6-4-3-5-13(14)15/h3-6,11-12,20H,2,7-10H2,1H3. The van der Waals surface area contributed by atoms with E-state index in [2.05, 4.69) is 0 Å². The number of nitrogens with zero attached hydrogens (tertiary/aromatic N) is 2. The minimum Gasteiger partial charge on any atom is -0.395 e. The lowest BCUT2D eigenvalue weighted by Crippen LogP contribution is -2.33. The van der Waals surface area contributed by atoms with Crippen molar-refractivity contribution in [2.24, 2.45) is 0 Å². The summed E-state index contributed by atoms with van der Waals surface area (Å²) in [7, 11) is 0. The fraction of sp³-hybridized carbons (Fsp3) is 0.412. The minimum atomic E-state index is -0.0212. The molecule has 1 fully saturated rings. The Bertz CT molecular complexity index is 665. The first-order chi connectivity index (χ1) is 10.2. The van der Waals surface area contributed by atoms with Gasteiger partial charge in [-0.25, -0.2) is 0 Å². The van der Waals surface area contributed by atoms with Crippen LogP contribution >= 0.6 is 0 Å². The molecule has 1 N–H and O–H groups in total. The maximum atomic E-state index is 12.8. The largest absolute Gasteiger partial charge is 0.395 e. The number of para-hydroxylation sites is 1. The van der Waals surface area contributed by atoms with Crippen LogP contribution in [0.2, 0.25) is 0 Å². The SMILES string of the molecule is CCN(CCO)C(=O)c1cc(C2CC2)nc2ccccc12. The third-order valence-electron chi connectivity index (χ3n) is 4.00. The molecule has 4 nitrogen and oxygen atoms in total. The van der Waals surface area contributed by atoms with Crippen molar-refractivity contribution >= 4 is 16.8 Å². The highest BCUT2D eigenvalue weighted by Crippen LogP contribution is 2.40. The van der Waals surface area contributed by atoms with Crippen LogP contribution < -0.4 is 0 Å². The number of fused-ring (bicyclic) bond motifs is 1. The molecule has 110 valence electrons. The first-order valence-corrected chi connectivity index (χ1v) is 7.54. The lowest BCUT2D eigenvalue weighted by Gasteiger charge is -2.21. The Morgan fingerprint density at radius 3 is 2.81 bits per heavy atom. The van der Waals surface area contributed by atoms with Gasteiger partial charge in [0.2, 0.25) is 0 Å². The molecule has 2 aromatic rings. The van der Waals surface area contributed by atoms with Crippen LogP contribution in [0.1, 0.15) is 41.7 Å². The minimum absolute atomic E-state index is 0.0158. The zero-order valence-corrected chi connectivity index (χ0v) is 12.2. The molecule has 3 rings (SSSR count). The molecule has 1 amide bonds. The number of carbonyl (C=O) groups is 1. The normalized spacial score (nSPS) is 14.4. The molecular weight excluding hydrogens is 264 g/mol. The van der Waals surface area contributed by atoms with Crippen molar-refractivity contribution in [3.05, 3.63) is 41.6 Å². The monoisotopic (exact) mass is 284 g/mol. The van der Waals surface area contributed by atoms with Gasteiger partial charge in [-0.15, -0.1) is 0 Å². The number of aliphatic hydroxyl groups is 1. The van der Waals surface area contributed by atoms with E-state index in [-0.39, 0.29) is 12.5 Å². The van der Waals surface area contributed by atoms with Crippen LogP contribution in [-0.2, 0) is 0 Å². The molecule has 0 atom stereocenters. The van der Waals surface area contributed by atoms with Crippen molar-refractivity contribution in [3.8, 4) is 0 Å². The van der Waals surface area contributed by atoms with E-state index in [9.17, 15) is 4.79 Å². The molecule has 21 heavy (non-hydrogen) atoms. The van der Waals surface area contributed by atoms with Crippen molar-refractivity contribution in [2.75, 3.05) is 19.7 Å². The summed E-state index contributed by atoms with van der Waals surface area (Å²) in [6.07, 6.45) is 2.32. The molecule has 0 radical (unpaired) electrons. The predicted octanol–water partition coefficient (Wildman–Crippen LogP) is 2.57. The van der Waals surface area contributed by atoms with Gasteiger partial charge in [0, 0.05) is 30.1 Å². The summed E-state index contributed by atoms with van der Waals surface area (Å²) in [5.41, 5.74) is 2.61. The van der Waals surface area contributed by atoms with Crippen LogP contribution in [0.5, 0.6) is 0 Å². The Balaban J connectivity index is 2.08.